The van der Waals surface area contributed by atoms with E-state index in [0.717, 1.165) is 6.26 Å². The Balaban J connectivity index is 2.40. The Labute approximate surface area is 107 Å². The molecule has 94 valence electrons. The zero-order valence-electron chi connectivity index (χ0n) is 9.82. The lowest BCUT2D eigenvalue weighted by Crippen LogP contribution is -2.05. The normalized spacial score (nSPS) is 9.63. The van der Waals surface area contributed by atoms with Gasteiger partial charge in [-0.1, -0.05) is 0 Å². The number of rotatable bonds is 3. The van der Waals surface area contributed by atoms with Gasteiger partial charge in [0.05, 0.1) is 6.61 Å². The van der Waals surface area contributed by atoms with Crippen LogP contribution in [-0.2, 0) is 4.74 Å². The third kappa shape index (κ3) is 2.15. The first-order valence-corrected chi connectivity index (χ1v) is 5.21. The molecule has 2 rings (SSSR count). The number of hydrogen-bond donors (Lipinski definition) is 0. The number of esters is 1. The zero-order chi connectivity index (χ0) is 13.8. The average Bonchev–Trinajstić information content (AvgIpc) is 3.04. The standard InChI is InChI=1S/C11H7N5O3/c1-2-18-10(17)8-5-19-11(15-8)16-6-14-7(3-12)9(16)4-13/h5-6H,2H2,1H3. The fraction of sp³-hybridized carbons (Fsp3) is 0.182. The summed E-state index contributed by atoms with van der Waals surface area (Å²) in [7, 11) is 0. The van der Waals surface area contributed by atoms with Gasteiger partial charge in [0, 0.05) is 0 Å². The summed E-state index contributed by atoms with van der Waals surface area (Å²) < 4.78 is 11.0. The van der Waals surface area contributed by atoms with Crippen LogP contribution in [0, 0.1) is 22.7 Å². The highest BCUT2D eigenvalue weighted by atomic mass is 16.5. The number of hydrogen-bond acceptors (Lipinski definition) is 7. The van der Waals surface area contributed by atoms with Crippen LogP contribution in [0.5, 0.6) is 0 Å². The minimum absolute atomic E-state index is 0.0141. The maximum Gasteiger partial charge on any atom is 0.360 e. The number of ether oxygens (including phenoxy) is 1. The summed E-state index contributed by atoms with van der Waals surface area (Å²) in [6.07, 6.45) is 2.33. The maximum absolute atomic E-state index is 11.4. The highest BCUT2D eigenvalue weighted by molar-refractivity contribution is 5.86. The van der Waals surface area contributed by atoms with Gasteiger partial charge in [0.1, 0.15) is 24.7 Å². The van der Waals surface area contributed by atoms with Gasteiger partial charge >= 0.3 is 12.0 Å². The van der Waals surface area contributed by atoms with E-state index >= 15 is 0 Å². The highest BCUT2D eigenvalue weighted by Gasteiger charge is 2.18. The summed E-state index contributed by atoms with van der Waals surface area (Å²) >= 11 is 0. The van der Waals surface area contributed by atoms with Crippen LogP contribution in [0.3, 0.4) is 0 Å². The van der Waals surface area contributed by atoms with E-state index < -0.39 is 5.97 Å². The maximum atomic E-state index is 11.4. The molecule has 0 spiro atoms. The van der Waals surface area contributed by atoms with Crippen molar-refractivity contribution >= 4 is 5.97 Å². The van der Waals surface area contributed by atoms with Crippen LogP contribution in [0.4, 0.5) is 0 Å². The minimum Gasteiger partial charge on any atom is -0.461 e. The lowest BCUT2D eigenvalue weighted by molar-refractivity contribution is 0.0519. The third-order valence-corrected chi connectivity index (χ3v) is 2.16. The van der Waals surface area contributed by atoms with Gasteiger partial charge in [0.2, 0.25) is 0 Å². The molecule has 2 aromatic rings. The molecule has 0 saturated heterocycles. The van der Waals surface area contributed by atoms with Crippen molar-refractivity contribution in [2.75, 3.05) is 6.61 Å². The van der Waals surface area contributed by atoms with Gasteiger partial charge in [0.25, 0.3) is 0 Å². The number of aromatic nitrogens is 3. The Morgan fingerprint density at radius 2 is 2.32 bits per heavy atom. The van der Waals surface area contributed by atoms with Crippen LogP contribution in [0.25, 0.3) is 6.01 Å². The largest absolute Gasteiger partial charge is 0.461 e. The predicted molar refractivity (Wildman–Crippen MR) is 59.0 cm³/mol. The summed E-state index contributed by atoms with van der Waals surface area (Å²) in [5.41, 5.74) is -0.0777. The van der Waals surface area contributed by atoms with E-state index in [1.54, 1.807) is 13.0 Å². The number of nitriles is 2. The van der Waals surface area contributed by atoms with Crippen molar-refractivity contribution in [3.8, 4) is 18.2 Å². The molecule has 0 N–H and O–H groups in total. The molecule has 0 amide bonds. The molecule has 19 heavy (non-hydrogen) atoms. The van der Waals surface area contributed by atoms with Crippen LogP contribution >= 0.6 is 0 Å². The first-order valence-electron chi connectivity index (χ1n) is 5.21. The van der Waals surface area contributed by atoms with Crippen molar-refractivity contribution in [2.24, 2.45) is 0 Å². The molecule has 2 aromatic heterocycles. The highest BCUT2D eigenvalue weighted by Crippen LogP contribution is 2.14. The molecular weight excluding hydrogens is 250 g/mol. The molecule has 0 aliphatic heterocycles. The van der Waals surface area contributed by atoms with E-state index in [9.17, 15) is 4.79 Å². The molecule has 0 aliphatic rings. The second-order valence-electron chi connectivity index (χ2n) is 3.27. The van der Waals surface area contributed by atoms with Gasteiger partial charge in [-0.3, -0.25) is 0 Å². The Hall–Kier alpha value is -3.13. The Morgan fingerprint density at radius 3 is 2.95 bits per heavy atom. The van der Waals surface area contributed by atoms with E-state index in [1.807, 2.05) is 6.07 Å². The lowest BCUT2D eigenvalue weighted by Gasteiger charge is -1.96. The Bertz CT molecular complexity index is 701. The Morgan fingerprint density at radius 1 is 1.53 bits per heavy atom. The van der Waals surface area contributed by atoms with Crippen LogP contribution in [-0.4, -0.2) is 27.1 Å². The van der Waals surface area contributed by atoms with Crippen molar-refractivity contribution in [1.82, 2.24) is 14.5 Å². The SMILES string of the molecule is CCOC(=O)c1coc(-n2cnc(C#N)c2C#N)n1. The summed E-state index contributed by atoms with van der Waals surface area (Å²) in [4.78, 5) is 19.0. The molecule has 0 fully saturated rings. The Kier molecular flexibility index (Phi) is 3.26. The van der Waals surface area contributed by atoms with Crippen molar-refractivity contribution < 1.29 is 13.9 Å². The second kappa shape index (κ2) is 5.02. The minimum atomic E-state index is -0.628. The van der Waals surface area contributed by atoms with Crippen molar-refractivity contribution in [3.63, 3.8) is 0 Å². The third-order valence-electron chi connectivity index (χ3n) is 2.16. The molecule has 0 saturated carbocycles. The first-order chi connectivity index (χ1) is 9.21. The van der Waals surface area contributed by atoms with E-state index in [4.69, 9.17) is 19.7 Å². The van der Waals surface area contributed by atoms with Gasteiger partial charge in [-0.05, 0) is 6.92 Å². The van der Waals surface area contributed by atoms with Crippen molar-refractivity contribution in [2.45, 2.75) is 6.92 Å². The number of nitrogens with zero attached hydrogens (tertiary/aromatic N) is 5. The number of imidazole rings is 1. The van der Waals surface area contributed by atoms with Gasteiger partial charge in [0.15, 0.2) is 17.1 Å². The molecule has 0 radical (unpaired) electrons. The van der Waals surface area contributed by atoms with E-state index in [2.05, 4.69) is 9.97 Å². The fourth-order valence-corrected chi connectivity index (χ4v) is 1.36. The van der Waals surface area contributed by atoms with Crippen LogP contribution in [0.2, 0.25) is 0 Å². The summed E-state index contributed by atoms with van der Waals surface area (Å²) in [5, 5.41) is 17.7. The summed E-state index contributed by atoms with van der Waals surface area (Å²) in [5.74, 6) is -0.628. The summed E-state index contributed by atoms with van der Waals surface area (Å²) in [6.45, 7) is 1.88. The van der Waals surface area contributed by atoms with Crippen molar-refractivity contribution in [3.05, 3.63) is 29.7 Å². The first kappa shape index (κ1) is 12.3. The lowest BCUT2D eigenvalue weighted by atomic mass is 10.4. The number of carbonyl (C=O) groups excluding carboxylic acids is 1. The topological polar surface area (TPSA) is 118 Å². The fourth-order valence-electron chi connectivity index (χ4n) is 1.36. The average molecular weight is 257 g/mol. The van der Waals surface area contributed by atoms with Gasteiger partial charge in [-0.25, -0.2) is 14.3 Å². The van der Waals surface area contributed by atoms with Gasteiger partial charge in [-0.15, -0.1) is 0 Å². The quantitative estimate of drug-likeness (QED) is 0.745. The van der Waals surface area contributed by atoms with Crippen LogP contribution < -0.4 is 0 Å². The monoisotopic (exact) mass is 257 g/mol. The molecule has 0 bridgehead atoms. The van der Waals surface area contributed by atoms with E-state index in [-0.39, 0.29) is 29.7 Å². The zero-order valence-corrected chi connectivity index (χ0v) is 9.82. The summed E-state index contributed by atoms with van der Waals surface area (Å²) in [6, 6.07) is 3.56. The second-order valence-corrected chi connectivity index (χ2v) is 3.27. The molecule has 8 nitrogen and oxygen atoms in total. The molecule has 0 aliphatic carbocycles. The molecule has 0 atom stereocenters. The molecule has 0 unspecified atom stereocenters. The predicted octanol–water partition coefficient (Wildman–Crippen LogP) is 0.780. The smallest absolute Gasteiger partial charge is 0.360 e. The molecule has 2 heterocycles. The molecule has 0 aromatic carbocycles. The molecule has 8 heteroatoms. The molecular formula is C11H7N5O3. The van der Waals surface area contributed by atoms with E-state index in [1.165, 1.54) is 10.9 Å². The van der Waals surface area contributed by atoms with E-state index in [0.29, 0.717) is 0 Å². The van der Waals surface area contributed by atoms with Gasteiger partial charge in [-0.2, -0.15) is 15.5 Å². The number of oxazole rings is 1. The van der Waals surface area contributed by atoms with Crippen molar-refractivity contribution in [1.29, 1.82) is 10.5 Å². The number of carbonyl (C=O) groups is 1. The van der Waals surface area contributed by atoms with Crippen LogP contribution in [0.1, 0.15) is 28.8 Å². The van der Waals surface area contributed by atoms with Gasteiger partial charge < -0.3 is 9.15 Å². The van der Waals surface area contributed by atoms with Crippen LogP contribution in [0.15, 0.2) is 17.0 Å².